The zero-order valence-electron chi connectivity index (χ0n) is 5.72. The Labute approximate surface area is 54.8 Å². The van der Waals surface area contributed by atoms with Gasteiger partial charge < -0.3 is 0 Å². The van der Waals surface area contributed by atoms with Crippen molar-refractivity contribution in [2.75, 3.05) is 0 Å². The van der Waals surface area contributed by atoms with Gasteiger partial charge in [-0.1, -0.05) is 13.8 Å². The summed E-state index contributed by atoms with van der Waals surface area (Å²) in [6.07, 6.45) is 1.02. The van der Waals surface area contributed by atoms with E-state index in [1.165, 1.54) is 0 Å². The second kappa shape index (κ2) is 3.44. The second-order valence-electron chi connectivity index (χ2n) is 1.90. The molecule has 0 aromatic carbocycles. The third-order valence-electron chi connectivity index (χ3n) is 1.52. The third kappa shape index (κ3) is 1.67. The van der Waals surface area contributed by atoms with Crippen molar-refractivity contribution in [3.63, 3.8) is 0 Å². The Kier molecular flexibility index (Phi) is 3.21. The van der Waals surface area contributed by atoms with Crippen molar-refractivity contribution in [2.24, 2.45) is 0 Å². The minimum Gasteiger partial charge on any atom is -0.250 e. The maximum Gasteiger partial charge on any atom is 0.188 e. The monoisotopic (exact) mass is 129 g/mol. The minimum absolute atomic E-state index is 0.510. The van der Waals surface area contributed by atoms with E-state index >= 15 is 0 Å². The van der Waals surface area contributed by atoms with Crippen LogP contribution < -0.4 is 0 Å². The molecule has 0 saturated heterocycles. The highest BCUT2D eigenvalue weighted by Crippen LogP contribution is 2.16. The number of rotatable bonds is 3. The standard InChI is InChI=1S/C6H11NO2/c1-3-6(4-2,5-7)9-8/h8H,3-4H2,1-2H3. The first-order valence-corrected chi connectivity index (χ1v) is 2.98. The van der Waals surface area contributed by atoms with Crippen LogP contribution in [0.1, 0.15) is 26.7 Å². The van der Waals surface area contributed by atoms with Gasteiger partial charge in [0.1, 0.15) is 6.07 Å². The van der Waals surface area contributed by atoms with Crippen LogP contribution in [-0.2, 0) is 4.89 Å². The predicted molar refractivity (Wildman–Crippen MR) is 32.6 cm³/mol. The van der Waals surface area contributed by atoms with Crippen LogP contribution >= 0.6 is 0 Å². The smallest absolute Gasteiger partial charge is 0.188 e. The lowest BCUT2D eigenvalue weighted by molar-refractivity contribution is -0.306. The van der Waals surface area contributed by atoms with E-state index in [0.717, 1.165) is 0 Å². The number of nitriles is 1. The van der Waals surface area contributed by atoms with Crippen molar-refractivity contribution < 1.29 is 10.1 Å². The van der Waals surface area contributed by atoms with Crippen molar-refractivity contribution in [1.82, 2.24) is 0 Å². The lowest BCUT2D eigenvalue weighted by Gasteiger charge is -2.17. The zero-order chi connectivity index (χ0) is 7.33. The van der Waals surface area contributed by atoms with Gasteiger partial charge >= 0.3 is 0 Å². The molecule has 0 atom stereocenters. The normalized spacial score (nSPS) is 10.9. The summed E-state index contributed by atoms with van der Waals surface area (Å²) in [5.41, 5.74) is -0.972. The van der Waals surface area contributed by atoms with Crippen LogP contribution in [0, 0.1) is 11.3 Å². The summed E-state index contributed by atoms with van der Waals surface area (Å²) in [6, 6.07) is 1.89. The molecule has 0 aromatic rings. The van der Waals surface area contributed by atoms with Crippen molar-refractivity contribution >= 4 is 0 Å². The van der Waals surface area contributed by atoms with E-state index in [4.69, 9.17) is 10.5 Å². The molecule has 9 heavy (non-hydrogen) atoms. The molecule has 52 valence electrons. The molecule has 0 rings (SSSR count). The van der Waals surface area contributed by atoms with Crippen molar-refractivity contribution in [2.45, 2.75) is 32.3 Å². The molecule has 3 heteroatoms. The molecule has 0 heterocycles. The Morgan fingerprint density at radius 2 is 2.00 bits per heavy atom. The van der Waals surface area contributed by atoms with E-state index in [9.17, 15) is 0 Å². The molecular weight excluding hydrogens is 118 g/mol. The highest BCUT2D eigenvalue weighted by molar-refractivity contribution is 4.98. The molecule has 1 N–H and O–H groups in total. The quantitative estimate of drug-likeness (QED) is 0.464. The van der Waals surface area contributed by atoms with Gasteiger partial charge in [-0.25, -0.2) is 4.89 Å². The first-order valence-electron chi connectivity index (χ1n) is 2.98. The van der Waals surface area contributed by atoms with E-state index in [1.54, 1.807) is 13.8 Å². The molecule has 0 bridgehead atoms. The van der Waals surface area contributed by atoms with Gasteiger partial charge in [-0.05, 0) is 12.8 Å². The van der Waals surface area contributed by atoms with Gasteiger partial charge in [0, 0.05) is 0 Å². The Bertz CT molecular complexity index is 104. The lowest BCUT2D eigenvalue weighted by Crippen LogP contribution is -2.27. The largest absolute Gasteiger partial charge is 0.250 e. The Hall–Kier alpha value is -0.590. The van der Waals surface area contributed by atoms with Gasteiger partial charge in [0.05, 0.1) is 0 Å². The maximum absolute atomic E-state index is 8.44. The molecule has 0 unspecified atom stereocenters. The van der Waals surface area contributed by atoms with E-state index in [-0.39, 0.29) is 0 Å². The van der Waals surface area contributed by atoms with Gasteiger partial charge in [-0.2, -0.15) is 5.26 Å². The van der Waals surface area contributed by atoms with Crippen LogP contribution in [0.2, 0.25) is 0 Å². The summed E-state index contributed by atoms with van der Waals surface area (Å²) in [5, 5.41) is 16.7. The molecule has 3 nitrogen and oxygen atoms in total. The van der Waals surface area contributed by atoms with Crippen LogP contribution in [0.15, 0.2) is 0 Å². The van der Waals surface area contributed by atoms with Crippen LogP contribution in [0.5, 0.6) is 0 Å². The predicted octanol–water partition coefficient (Wildman–Crippen LogP) is 1.56. The maximum atomic E-state index is 8.44. The van der Waals surface area contributed by atoms with Crippen molar-refractivity contribution in [1.29, 1.82) is 5.26 Å². The minimum atomic E-state index is -0.972. The summed E-state index contributed by atoms with van der Waals surface area (Å²) in [7, 11) is 0. The fourth-order valence-electron chi connectivity index (χ4n) is 0.558. The molecule has 0 amide bonds. The third-order valence-corrected chi connectivity index (χ3v) is 1.52. The summed E-state index contributed by atoms with van der Waals surface area (Å²) >= 11 is 0. The molecule has 0 spiro atoms. The van der Waals surface area contributed by atoms with Crippen LogP contribution in [0.25, 0.3) is 0 Å². The Morgan fingerprint density at radius 3 is 2.00 bits per heavy atom. The first-order chi connectivity index (χ1) is 4.24. The molecule has 0 aliphatic rings. The molecule has 0 aliphatic heterocycles. The topological polar surface area (TPSA) is 53.2 Å². The van der Waals surface area contributed by atoms with E-state index in [2.05, 4.69) is 4.89 Å². The van der Waals surface area contributed by atoms with E-state index in [0.29, 0.717) is 12.8 Å². The number of hydrogen-bond acceptors (Lipinski definition) is 3. The fourth-order valence-corrected chi connectivity index (χ4v) is 0.558. The summed E-state index contributed by atoms with van der Waals surface area (Å²) < 4.78 is 0. The van der Waals surface area contributed by atoms with E-state index < -0.39 is 5.60 Å². The fraction of sp³-hybridized carbons (Fsp3) is 0.833. The summed E-state index contributed by atoms with van der Waals surface area (Å²) in [5.74, 6) is 0. The van der Waals surface area contributed by atoms with Crippen molar-refractivity contribution in [3.05, 3.63) is 0 Å². The molecular formula is C6H11NO2. The lowest BCUT2D eigenvalue weighted by atomic mass is 10.0. The highest BCUT2D eigenvalue weighted by atomic mass is 17.1. The number of hydrogen-bond donors (Lipinski definition) is 1. The van der Waals surface area contributed by atoms with E-state index in [1.807, 2.05) is 6.07 Å². The number of nitrogens with zero attached hydrogens (tertiary/aromatic N) is 1. The average molecular weight is 129 g/mol. The summed E-state index contributed by atoms with van der Waals surface area (Å²) in [4.78, 5) is 4.02. The molecule has 0 aliphatic carbocycles. The molecule has 0 saturated carbocycles. The van der Waals surface area contributed by atoms with Gasteiger partial charge in [-0.15, -0.1) is 0 Å². The van der Waals surface area contributed by atoms with Gasteiger partial charge in [-0.3, -0.25) is 5.26 Å². The first kappa shape index (κ1) is 8.41. The SMILES string of the molecule is CCC(C#N)(CC)OO. The Balaban J connectivity index is 4.04. The van der Waals surface area contributed by atoms with Crippen LogP contribution in [0.3, 0.4) is 0 Å². The average Bonchev–Trinajstić information content (AvgIpc) is 1.95. The molecule has 0 aromatic heterocycles. The summed E-state index contributed by atoms with van der Waals surface area (Å²) in [6.45, 7) is 3.59. The zero-order valence-corrected chi connectivity index (χ0v) is 5.72. The molecule has 0 radical (unpaired) electrons. The van der Waals surface area contributed by atoms with Crippen LogP contribution in [-0.4, -0.2) is 10.9 Å². The van der Waals surface area contributed by atoms with Gasteiger partial charge in [0.2, 0.25) is 0 Å². The highest BCUT2D eigenvalue weighted by Gasteiger charge is 2.26. The van der Waals surface area contributed by atoms with Gasteiger partial charge in [0.25, 0.3) is 0 Å². The van der Waals surface area contributed by atoms with Crippen LogP contribution in [0.4, 0.5) is 0 Å². The molecule has 0 fully saturated rings. The van der Waals surface area contributed by atoms with Gasteiger partial charge in [0.15, 0.2) is 5.60 Å². The second-order valence-corrected chi connectivity index (χ2v) is 1.90. The Morgan fingerprint density at radius 1 is 1.56 bits per heavy atom. The van der Waals surface area contributed by atoms with Crippen molar-refractivity contribution in [3.8, 4) is 6.07 Å².